The number of benzene rings is 1. The van der Waals surface area contributed by atoms with Crippen molar-refractivity contribution in [2.45, 2.75) is 32.7 Å². The summed E-state index contributed by atoms with van der Waals surface area (Å²) < 4.78 is 11.4. The Bertz CT molecular complexity index is 733. The fourth-order valence-corrected chi connectivity index (χ4v) is 2.66. The molecule has 1 saturated carbocycles. The normalized spacial score (nSPS) is 14.0. The molecular formula is C20H27IN4O2. The van der Waals surface area contributed by atoms with Gasteiger partial charge in [0.1, 0.15) is 0 Å². The van der Waals surface area contributed by atoms with Crippen LogP contribution in [0.1, 0.15) is 31.7 Å². The van der Waals surface area contributed by atoms with Gasteiger partial charge in [-0.05, 0) is 43.4 Å². The summed E-state index contributed by atoms with van der Waals surface area (Å²) in [7, 11) is 0. The molecule has 1 aromatic heterocycles. The number of guanidine groups is 1. The van der Waals surface area contributed by atoms with Gasteiger partial charge in [0.05, 0.1) is 13.2 Å². The van der Waals surface area contributed by atoms with Gasteiger partial charge in [-0.25, -0.2) is 9.98 Å². The molecule has 0 atom stereocenters. The number of pyridine rings is 1. The van der Waals surface area contributed by atoms with E-state index in [9.17, 15) is 0 Å². The molecule has 1 aliphatic rings. The number of rotatable bonds is 8. The summed E-state index contributed by atoms with van der Waals surface area (Å²) in [5.74, 6) is 3.11. The lowest BCUT2D eigenvalue weighted by atomic mass is 9.85. The molecule has 0 unspecified atom stereocenters. The number of para-hydroxylation sites is 2. The van der Waals surface area contributed by atoms with E-state index in [0.29, 0.717) is 36.5 Å². The van der Waals surface area contributed by atoms with Gasteiger partial charge in [0.25, 0.3) is 0 Å². The molecule has 2 aromatic rings. The number of ether oxygens (including phenoxy) is 2. The lowest BCUT2D eigenvalue weighted by molar-refractivity contribution is 0.315. The Kier molecular flexibility index (Phi) is 8.63. The number of nitrogens with zero attached hydrogens (tertiary/aromatic N) is 2. The monoisotopic (exact) mass is 482 g/mol. The Labute approximate surface area is 177 Å². The minimum atomic E-state index is 0. The molecule has 6 nitrogen and oxygen atoms in total. The third-order valence-electron chi connectivity index (χ3n) is 4.39. The van der Waals surface area contributed by atoms with Crippen molar-refractivity contribution in [2.24, 2.45) is 16.6 Å². The maximum absolute atomic E-state index is 5.91. The van der Waals surface area contributed by atoms with Crippen molar-refractivity contribution in [1.29, 1.82) is 0 Å². The van der Waals surface area contributed by atoms with Gasteiger partial charge in [-0.3, -0.25) is 0 Å². The topological polar surface area (TPSA) is 81.8 Å². The van der Waals surface area contributed by atoms with Crippen LogP contribution in [0.3, 0.4) is 0 Å². The molecule has 0 radical (unpaired) electrons. The molecule has 1 fully saturated rings. The average Bonchev–Trinajstić information content (AvgIpc) is 2.62. The fourth-order valence-electron chi connectivity index (χ4n) is 2.66. The Morgan fingerprint density at radius 2 is 2.00 bits per heavy atom. The Balaban J connectivity index is 0.00000261. The van der Waals surface area contributed by atoms with Gasteiger partial charge in [-0.15, -0.1) is 24.0 Å². The maximum atomic E-state index is 5.91. The van der Waals surface area contributed by atoms with E-state index in [2.05, 4.69) is 15.3 Å². The minimum absolute atomic E-state index is 0. The Morgan fingerprint density at radius 3 is 2.63 bits per heavy atom. The number of nitrogens with two attached hydrogens (primary N) is 1. The molecule has 1 aliphatic carbocycles. The van der Waals surface area contributed by atoms with Crippen molar-refractivity contribution < 1.29 is 9.47 Å². The second kappa shape index (κ2) is 11.0. The third kappa shape index (κ3) is 6.57. The van der Waals surface area contributed by atoms with Crippen molar-refractivity contribution >= 4 is 29.9 Å². The highest BCUT2D eigenvalue weighted by Crippen LogP contribution is 2.30. The van der Waals surface area contributed by atoms with Crippen molar-refractivity contribution in [2.75, 3.05) is 13.2 Å². The zero-order valence-electron chi connectivity index (χ0n) is 15.6. The van der Waals surface area contributed by atoms with Crippen LogP contribution in [0.15, 0.2) is 47.6 Å². The smallest absolute Gasteiger partial charge is 0.219 e. The van der Waals surface area contributed by atoms with Crippen LogP contribution in [0.25, 0.3) is 0 Å². The first kappa shape index (κ1) is 21.3. The van der Waals surface area contributed by atoms with Crippen molar-refractivity contribution in [3.63, 3.8) is 0 Å². The van der Waals surface area contributed by atoms with Crippen LogP contribution in [-0.2, 0) is 6.54 Å². The maximum Gasteiger partial charge on any atom is 0.219 e. The predicted octanol–water partition coefficient (Wildman–Crippen LogP) is 4.10. The largest absolute Gasteiger partial charge is 0.490 e. The number of hydrogen-bond donors (Lipinski definition) is 2. The van der Waals surface area contributed by atoms with Crippen LogP contribution in [0.5, 0.6) is 17.4 Å². The summed E-state index contributed by atoms with van der Waals surface area (Å²) in [4.78, 5) is 8.70. The first-order chi connectivity index (χ1) is 12.7. The van der Waals surface area contributed by atoms with Gasteiger partial charge in [0, 0.05) is 18.8 Å². The number of aromatic nitrogens is 1. The first-order valence-electron chi connectivity index (χ1n) is 9.13. The van der Waals surface area contributed by atoms with Crippen LogP contribution in [-0.4, -0.2) is 24.1 Å². The van der Waals surface area contributed by atoms with Gasteiger partial charge in [0.15, 0.2) is 17.5 Å². The lowest BCUT2D eigenvalue weighted by Gasteiger charge is -2.25. The highest BCUT2D eigenvalue weighted by Gasteiger charge is 2.16. The van der Waals surface area contributed by atoms with E-state index in [4.69, 9.17) is 15.2 Å². The quantitative estimate of drug-likeness (QED) is 0.337. The van der Waals surface area contributed by atoms with Gasteiger partial charge in [0.2, 0.25) is 5.88 Å². The Hall–Kier alpha value is -2.03. The van der Waals surface area contributed by atoms with Gasteiger partial charge < -0.3 is 20.5 Å². The number of aliphatic imine (C=N–C) groups is 1. The highest BCUT2D eigenvalue weighted by molar-refractivity contribution is 14.0. The number of nitrogens with one attached hydrogen (secondary N) is 1. The number of hydrogen-bond acceptors (Lipinski definition) is 4. The molecule has 1 heterocycles. The molecule has 0 saturated heterocycles. The van der Waals surface area contributed by atoms with E-state index >= 15 is 0 Å². The van der Waals surface area contributed by atoms with Crippen LogP contribution in [0, 0.1) is 5.92 Å². The van der Waals surface area contributed by atoms with E-state index in [-0.39, 0.29) is 24.0 Å². The van der Waals surface area contributed by atoms with E-state index in [1.807, 2.05) is 43.3 Å². The second-order valence-electron chi connectivity index (χ2n) is 6.37. The first-order valence-corrected chi connectivity index (χ1v) is 9.13. The summed E-state index contributed by atoms with van der Waals surface area (Å²) in [5, 5.41) is 3.19. The predicted molar refractivity (Wildman–Crippen MR) is 118 cm³/mol. The van der Waals surface area contributed by atoms with Gasteiger partial charge in [-0.1, -0.05) is 24.6 Å². The molecule has 0 bridgehead atoms. The summed E-state index contributed by atoms with van der Waals surface area (Å²) in [6.45, 7) is 3.93. The summed E-state index contributed by atoms with van der Waals surface area (Å²) in [5.41, 5.74) is 6.88. The van der Waals surface area contributed by atoms with Crippen molar-refractivity contribution in [1.82, 2.24) is 10.3 Å². The molecule has 0 amide bonds. The number of halogens is 1. The summed E-state index contributed by atoms with van der Waals surface area (Å²) in [6, 6.07) is 11.3. The molecule has 7 heteroatoms. The molecular weight excluding hydrogens is 455 g/mol. The fraction of sp³-hybridized carbons (Fsp3) is 0.400. The molecule has 0 aliphatic heterocycles. The van der Waals surface area contributed by atoms with Crippen LogP contribution in [0.4, 0.5) is 0 Å². The second-order valence-corrected chi connectivity index (χ2v) is 6.37. The van der Waals surface area contributed by atoms with Crippen LogP contribution < -0.4 is 20.5 Å². The zero-order chi connectivity index (χ0) is 18.2. The van der Waals surface area contributed by atoms with Crippen LogP contribution >= 0.6 is 24.0 Å². The lowest BCUT2D eigenvalue weighted by Crippen LogP contribution is -2.37. The SMILES string of the molecule is CCOc1ccccc1Oc1ccc(CN=C(N)NCC2CCC2)cn1.I. The zero-order valence-corrected chi connectivity index (χ0v) is 17.9. The molecule has 27 heavy (non-hydrogen) atoms. The van der Waals surface area contributed by atoms with Crippen molar-refractivity contribution in [3.05, 3.63) is 48.2 Å². The van der Waals surface area contributed by atoms with Crippen molar-refractivity contribution in [3.8, 4) is 17.4 Å². The van der Waals surface area contributed by atoms with E-state index in [0.717, 1.165) is 18.0 Å². The molecule has 146 valence electrons. The molecule has 1 aromatic carbocycles. The Morgan fingerprint density at radius 1 is 1.22 bits per heavy atom. The summed E-state index contributed by atoms with van der Waals surface area (Å²) in [6.07, 6.45) is 5.66. The average molecular weight is 482 g/mol. The molecule has 3 N–H and O–H groups in total. The standard InChI is InChI=1S/C20H26N4O2.HI/c1-2-25-17-8-3-4-9-18(17)26-19-11-10-16(13-22-19)14-24-20(21)23-12-15-6-5-7-15;/h3-4,8-11,13,15H,2,5-7,12,14H2,1H3,(H3,21,23,24);1H. The van der Waals surface area contributed by atoms with E-state index in [1.165, 1.54) is 19.3 Å². The summed E-state index contributed by atoms with van der Waals surface area (Å²) >= 11 is 0. The minimum Gasteiger partial charge on any atom is -0.490 e. The van der Waals surface area contributed by atoms with Crippen LogP contribution in [0.2, 0.25) is 0 Å². The van der Waals surface area contributed by atoms with E-state index in [1.54, 1.807) is 6.20 Å². The molecule has 0 spiro atoms. The molecule has 3 rings (SSSR count). The van der Waals surface area contributed by atoms with Gasteiger partial charge >= 0.3 is 0 Å². The highest BCUT2D eigenvalue weighted by atomic mass is 127. The van der Waals surface area contributed by atoms with E-state index < -0.39 is 0 Å². The van der Waals surface area contributed by atoms with Gasteiger partial charge in [-0.2, -0.15) is 0 Å². The third-order valence-corrected chi connectivity index (χ3v) is 4.39.